The van der Waals surface area contributed by atoms with Crippen molar-refractivity contribution in [2.24, 2.45) is 5.92 Å². The average Bonchev–Trinajstić information content (AvgIpc) is 3.52. The number of piperidine rings is 1. The molecule has 0 bridgehead atoms. The van der Waals surface area contributed by atoms with Crippen molar-refractivity contribution in [1.82, 2.24) is 4.98 Å². The molecule has 1 saturated heterocycles. The van der Waals surface area contributed by atoms with Crippen LogP contribution in [0, 0.1) is 28.9 Å². The van der Waals surface area contributed by atoms with Gasteiger partial charge in [-0.25, -0.2) is 8.78 Å². The number of aromatic nitrogens is 1. The number of halogens is 2. The summed E-state index contributed by atoms with van der Waals surface area (Å²) >= 11 is 0. The maximum absolute atomic E-state index is 14.0. The lowest BCUT2D eigenvalue weighted by atomic mass is 9.95. The second-order valence-corrected chi connectivity index (χ2v) is 7.65. The topological polar surface area (TPSA) is 86.5 Å². The number of nitriles is 1. The van der Waals surface area contributed by atoms with Crippen molar-refractivity contribution >= 4 is 17.5 Å². The van der Waals surface area contributed by atoms with Gasteiger partial charge in [0, 0.05) is 37.2 Å². The lowest BCUT2D eigenvalue weighted by Crippen LogP contribution is -2.42. The summed E-state index contributed by atoms with van der Waals surface area (Å²) in [5.41, 5.74) is 0.878. The average molecular weight is 424 g/mol. The summed E-state index contributed by atoms with van der Waals surface area (Å²) in [5.74, 6) is -0.679. The zero-order valence-corrected chi connectivity index (χ0v) is 16.5. The summed E-state index contributed by atoms with van der Waals surface area (Å²) in [7, 11) is 0. The van der Waals surface area contributed by atoms with E-state index in [2.05, 4.69) is 4.98 Å². The van der Waals surface area contributed by atoms with Gasteiger partial charge in [0.15, 0.2) is 5.76 Å². The van der Waals surface area contributed by atoms with Crippen LogP contribution in [0.5, 0.6) is 0 Å². The van der Waals surface area contributed by atoms with Gasteiger partial charge in [-0.3, -0.25) is 4.79 Å². The molecule has 0 saturated carbocycles. The van der Waals surface area contributed by atoms with Crippen LogP contribution in [0.15, 0.2) is 39.4 Å². The molecule has 0 radical (unpaired) electrons. The van der Waals surface area contributed by atoms with E-state index >= 15 is 0 Å². The van der Waals surface area contributed by atoms with Gasteiger partial charge in [-0.05, 0) is 37.5 Å². The van der Waals surface area contributed by atoms with Crippen LogP contribution in [0.2, 0.25) is 0 Å². The number of fused-ring (bicyclic) bond motifs is 1. The maximum atomic E-state index is 14.0. The minimum Gasteiger partial charge on any atom is -0.459 e. The van der Waals surface area contributed by atoms with E-state index in [4.69, 9.17) is 8.83 Å². The summed E-state index contributed by atoms with van der Waals surface area (Å²) in [6.45, 7) is 1.34. The Hall–Kier alpha value is -3.67. The molecule has 1 amide bonds. The molecule has 0 atom stereocenters. The molecule has 2 aliphatic rings. The van der Waals surface area contributed by atoms with Crippen LogP contribution in [-0.2, 0) is 11.2 Å². The third-order valence-corrected chi connectivity index (χ3v) is 5.86. The standard InChI is InChI=1S/C22H18F2N4O3/c23-14-10-16(24)15-5-8-28(18(15)11-14)21(29)13-3-6-27(7-4-13)22-17(12-25)26-20(31-22)19-2-1-9-30-19/h1-2,9-11,13H,3-8H2. The number of nitrogens with zero attached hydrogens (tertiary/aromatic N) is 4. The van der Waals surface area contributed by atoms with Crippen LogP contribution in [0.25, 0.3) is 11.7 Å². The number of carbonyl (C=O) groups excluding carboxylic acids is 1. The Morgan fingerprint density at radius 3 is 2.74 bits per heavy atom. The van der Waals surface area contributed by atoms with E-state index in [1.165, 1.54) is 17.2 Å². The summed E-state index contributed by atoms with van der Waals surface area (Å²) in [6.07, 6.45) is 2.94. The number of hydrogen-bond donors (Lipinski definition) is 0. The Morgan fingerprint density at radius 1 is 1.23 bits per heavy atom. The molecular formula is C22H18F2N4O3. The van der Waals surface area contributed by atoms with Crippen molar-refractivity contribution in [1.29, 1.82) is 5.26 Å². The van der Waals surface area contributed by atoms with Crippen molar-refractivity contribution in [3.05, 3.63) is 53.4 Å². The van der Waals surface area contributed by atoms with Crippen molar-refractivity contribution in [2.75, 3.05) is 29.4 Å². The van der Waals surface area contributed by atoms with Crippen LogP contribution in [0.1, 0.15) is 24.1 Å². The monoisotopic (exact) mass is 424 g/mol. The van der Waals surface area contributed by atoms with E-state index < -0.39 is 11.6 Å². The van der Waals surface area contributed by atoms with E-state index in [-0.39, 0.29) is 23.4 Å². The molecule has 0 N–H and O–H groups in total. The van der Waals surface area contributed by atoms with E-state index in [0.29, 0.717) is 61.8 Å². The highest BCUT2D eigenvalue weighted by Crippen LogP contribution is 2.35. The number of oxazole rings is 1. The number of furan rings is 1. The van der Waals surface area contributed by atoms with Gasteiger partial charge >= 0.3 is 0 Å². The number of hydrogen-bond acceptors (Lipinski definition) is 6. The quantitative estimate of drug-likeness (QED) is 0.634. The van der Waals surface area contributed by atoms with Gasteiger partial charge in [0.1, 0.15) is 17.7 Å². The molecule has 0 spiro atoms. The highest BCUT2D eigenvalue weighted by atomic mass is 19.1. The Labute approximate surface area is 176 Å². The molecule has 4 heterocycles. The molecule has 1 fully saturated rings. The van der Waals surface area contributed by atoms with E-state index in [1.807, 2.05) is 11.0 Å². The SMILES string of the molecule is N#Cc1nc(-c2ccco2)oc1N1CCC(C(=O)N2CCc3c(F)cc(F)cc32)CC1. The van der Waals surface area contributed by atoms with Crippen molar-refractivity contribution in [2.45, 2.75) is 19.3 Å². The van der Waals surface area contributed by atoms with Gasteiger partial charge in [0.25, 0.3) is 5.89 Å². The van der Waals surface area contributed by atoms with Gasteiger partial charge in [-0.1, -0.05) is 0 Å². The zero-order valence-electron chi connectivity index (χ0n) is 16.5. The predicted molar refractivity (Wildman–Crippen MR) is 106 cm³/mol. The number of amides is 1. The normalized spacial score (nSPS) is 16.4. The fourth-order valence-corrected chi connectivity index (χ4v) is 4.31. The first-order chi connectivity index (χ1) is 15.0. The van der Waals surface area contributed by atoms with Gasteiger partial charge in [-0.15, -0.1) is 0 Å². The molecule has 7 nitrogen and oxygen atoms in total. The van der Waals surface area contributed by atoms with Crippen LogP contribution in [0.3, 0.4) is 0 Å². The van der Waals surface area contributed by atoms with Crippen LogP contribution in [0.4, 0.5) is 20.4 Å². The molecule has 158 valence electrons. The zero-order chi connectivity index (χ0) is 21.5. The van der Waals surface area contributed by atoms with Crippen LogP contribution >= 0.6 is 0 Å². The van der Waals surface area contributed by atoms with Gasteiger partial charge in [0.2, 0.25) is 17.5 Å². The predicted octanol–water partition coefficient (Wildman–Crippen LogP) is 3.89. The van der Waals surface area contributed by atoms with E-state index in [9.17, 15) is 18.8 Å². The molecule has 0 unspecified atom stereocenters. The molecule has 0 aliphatic carbocycles. The molecule has 3 aromatic rings. The van der Waals surface area contributed by atoms with Gasteiger partial charge in [0.05, 0.1) is 12.0 Å². The molecule has 5 rings (SSSR count). The Morgan fingerprint density at radius 2 is 2.03 bits per heavy atom. The fourth-order valence-electron chi connectivity index (χ4n) is 4.31. The Kier molecular flexibility index (Phi) is 4.70. The lowest BCUT2D eigenvalue weighted by Gasteiger charge is -2.33. The molecule has 31 heavy (non-hydrogen) atoms. The number of benzene rings is 1. The molecule has 2 aliphatic heterocycles. The van der Waals surface area contributed by atoms with Gasteiger partial charge < -0.3 is 18.6 Å². The first-order valence-corrected chi connectivity index (χ1v) is 10.0. The largest absolute Gasteiger partial charge is 0.459 e. The van der Waals surface area contributed by atoms with Crippen molar-refractivity contribution in [3.63, 3.8) is 0 Å². The fraction of sp³-hybridized carbons (Fsp3) is 0.318. The third kappa shape index (κ3) is 3.34. The summed E-state index contributed by atoms with van der Waals surface area (Å²) in [6, 6.07) is 7.52. The highest BCUT2D eigenvalue weighted by Gasteiger charge is 2.35. The second-order valence-electron chi connectivity index (χ2n) is 7.65. The summed E-state index contributed by atoms with van der Waals surface area (Å²) in [4.78, 5) is 20.6. The molecule has 2 aromatic heterocycles. The van der Waals surface area contributed by atoms with Crippen LogP contribution in [-0.4, -0.2) is 30.5 Å². The van der Waals surface area contributed by atoms with Crippen molar-refractivity contribution in [3.8, 4) is 17.7 Å². The smallest absolute Gasteiger partial charge is 0.266 e. The van der Waals surface area contributed by atoms with E-state index in [1.54, 1.807) is 12.1 Å². The van der Waals surface area contributed by atoms with Crippen molar-refractivity contribution < 1.29 is 22.4 Å². The van der Waals surface area contributed by atoms with Crippen LogP contribution < -0.4 is 9.80 Å². The van der Waals surface area contributed by atoms with E-state index in [0.717, 1.165) is 6.07 Å². The maximum Gasteiger partial charge on any atom is 0.266 e. The Balaban J connectivity index is 1.30. The Bertz CT molecular complexity index is 1170. The lowest BCUT2D eigenvalue weighted by molar-refractivity contribution is -0.122. The molecule has 9 heteroatoms. The molecular weight excluding hydrogens is 406 g/mol. The van der Waals surface area contributed by atoms with Gasteiger partial charge in [-0.2, -0.15) is 10.2 Å². The second kappa shape index (κ2) is 7.54. The number of anilines is 2. The first kappa shape index (κ1) is 19.3. The minimum atomic E-state index is -0.688. The number of rotatable bonds is 3. The summed E-state index contributed by atoms with van der Waals surface area (Å²) < 4.78 is 38.8. The first-order valence-electron chi connectivity index (χ1n) is 10.0. The summed E-state index contributed by atoms with van der Waals surface area (Å²) in [5, 5.41) is 9.43. The highest BCUT2D eigenvalue weighted by molar-refractivity contribution is 5.97. The number of carbonyl (C=O) groups is 1. The minimum absolute atomic E-state index is 0.127. The third-order valence-electron chi connectivity index (χ3n) is 5.86. The molecule has 1 aromatic carbocycles.